The molecule has 0 aliphatic rings. The molecule has 0 fully saturated rings. The molecule has 0 aromatic carbocycles. The smallest absolute Gasteiger partial charge is 0 e. The minimum absolute atomic E-state index is 0. The van der Waals surface area contributed by atoms with Gasteiger partial charge in [0, 0.05) is 38.1 Å². The molecule has 0 radical (unpaired) electrons. The molecule has 8 heteroatoms. The van der Waals surface area contributed by atoms with E-state index >= 15 is 0 Å². The summed E-state index contributed by atoms with van der Waals surface area (Å²) in [4.78, 5) is 21.6. The van der Waals surface area contributed by atoms with Crippen molar-refractivity contribution >= 4 is 26.7 Å². The van der Waals surface area contributed by atoms with Crippen LogP contribution in [0, 0.1) is 0 Å². The Morgan fingerprint density at radius 3 is 1.12 bits per heavy atom. The van der Waals surface area contributed by atoms with Crippen LogP contribution in [-0.2, 0) is 42.7 Å². The maximum absolute atomic E-state index is 8.88. The third-order valence-electron chi connectivity index (χ3n) is 0. The van der Waals surface area contributed by atoms with E-state index in [2.05, 4.69) is 0 Å². The van der Waals surface area contributed by atoms with Crippen molar-refractivity contribution in [3.63, 3.8) is 0 Å². The van der Waals surface area contributed by atoms with Crippen LogP contribution < -0.4 is 0 Å². The van der Waals surface area contributed by atoms with Gasteiger partial charge in [-0.2, -0.15) is 0 Å². The standard InChI is InChI=1S/Fe.Li.Mo.H3O4P.H/c;;;1-5(2,3)4;/h;;;(H3,1,2,3,4);. The van der Waals surface area contributed by atoms with Crippen LogP contribution >= 0.6 is 7.82 Å². The van der Waals surface area contributed by atoms with E-state index in [0.29, 0.717) is 0 Å². The van der Waals surface area contributed by atoms with Crippen molar-refractivity contribution < 1.29 is 57.4 Å². The van der Waals surface area contributed by atoms with Gasteiger partial charge in [0.1, 0.15) is 0 Å². The maximum Gasteiger partial charge on any atom is 0 e. The Labute approximate surface area is 83.6 Å². The first kappa shape index (κ1) is 22.5. The summed E-state index contributed by atoms with van der Waals surface area (Å²) in [6.07, 6.45) is 0. The summed E-state index contributed by atoms with van der Waals surface area (Å²) in [5, 5.41) is 0. The minimum atomic E-state index is -4.64. The minimum Gasteiger partial charge on any atom is 0 e. The van der Waals surface area contributed by atoms with Gasteiger partial charge >= 0.3 is 26.7 Å². The van der Waals surface area contributed by atoms with Crippen LogP contribution in [0.3, 0.4) is 0 Å². The third kappa shape index (κ3) is 103. The van der Waals surface area contributed by atoms with Gasteiger partial charge in [-0.15, -0.1) is 0 Å². The van der Waals surface area contributed by atoms with Gasteiger partial charge in [-0.1, -0.05) is 0 Å². The van der Waals surface area contributed by atoms with Crippen LogP contribution in [0.15, 0.2) is 0 Å². The summed E-state index contributed by atoms with van der Waals surface area (Å²) in [6.45, 7) is 0. The Kier molecular flexibility index (Phi) is 25.1. The van der Waals surface area contributed by atoms with Crippen LogP contribution in [-0.4, -0.2) is 33.5 Å². The van der Waals surface area contributed by atoms with Crippen molar-refractivity contribution in [2.75, 3.05) is 0 Å². The first-order valence-electron chi connectivity index (χ1n) is 0.783. The Morgan fingerprint density at radius 2 is 1.12 bits per heavy atom. The van der Waals surface area contributed by atoms with Crippen molar-refractivity contribution in [3.05, 3.63) is 0 Å². The molecule has 0 saturated heterocycles. The van der Waals surface area contributed by atoms with E-state index in [4.69, 9.17) is 19.2 Å². The number of hydrogen-bond donors (Lipinski definition) is 3. The Balaban J connectivity index is -0.0000000267. The van der Waals surface area contributed by atoms with E-state index in [1.807, 2.05) is 0 Å². The van der Waals surface area contributed by atoms with Crippen LogP contribution in [0.1, 0.15) is 0 Å². The van der Waals surface area contributed by atoms with Crippen LogP contribution in [0.5, 0.6) is 0 Å². The molecule has 0 aliphatic heterocycles. The van der Waals surface area contributed by atoms with E-state index in [9.17, 15) is 0 Å². The predicted molar refractivity (Wildman–Crippen MR) is 21.4 cm³/mol. The molecule has 4 nitrogen and oxygen atoms in total. The molecular formula is H4FeLiMoO4P. The second-order valence-corrected chi connectivity index (χ2v) is 1.54. The summed E-state index contributed by atoms with van der Waals surface area (Å²) in [7, 11) is -4.64. The number of rotatable bonds is 0. The number of hydrogen-bond acceptors (Lipinski definition) is 1. The Bertz CT molecular complexity index is 62.2. The average Bonchev–Trinajstić information content (AvgIpc) is 0.722. The average molecular weight is 258 g/mol. The zero-order valence-electron chi connectivity index (χ0n) is 2.96. The van der Waals surface area contributed by atoms with Crippen molar-refractivity contribution in [3.8, 4) is 0 Å². The van der Waals surface area contributed by atoms with Gasteiger partial charge in [0.15, 0.2) is 0 Å². The van der Waals surface area contributed by atoms with Gasteiger partial charge < -0.3 is 14.7 Å². The molecule has 0 aromatic heterocycles. The van der Waals surface area contributed by atoms with E-state index in [0.717, 1.165) is 0 Å². The van der Waals surface area contributed by atoms with Crippen molar-refractivity contribution in [1.29, 1.82) is 0 Å². The van der Waals surface area contributed by atoms with Gasteiger partial charge in [-0.3, -0.25) is 0 Å². The largest absolute Gasteiger partial charge is 0 e. The molecule has 48 valence electrons. The maximum atomic E-state index is 8.88. The number of phosphoric acid groups is 1. The molecule has 0 rings (SSSR count). The molecule has 0 aromatic rings. The van der Waals surface area contributed by atoms with Gasteiger partial charge in [0.2, 0.25) is 0 Å². The van der Waals surface area contributed by atoms with Gasteiger partial charge in [-0.05, 0) is 0 Å². The molecule has 0 unspecified atom stereocenters. The zero-order valence-corrected chi connectivity index (χ0v) is 6.96. The normalized spacial score (nSPS) is 7.38. The first-order chi connectivity index (χ1) is 2.00. The fourth-order valence-electron chi connectivity index (χ4n) is 0. The Morgan fingerprint density at radius 1 is 1.12 bits per heavy atom. The topological polar surface area (TPSA) is 77.8 Å². The molecule has 0 atom stereocenters. The van der Waals surface area contributed by atoms with Crippen molar-refractivity contribution in [2.45, 2.75) is 0 Å². The quantitative estimate of drug-likeness (QED) is 0.362. The molecule has 8 heavy (non-hydrogen) atoms. The molecule has 0 amide bonds. The van der Waals surface area contributed by atoms with Gasteiger partial charge in [0.25, 0.3) is 0 Å². The van der Waals surface area contributed by atoms with E-state index in [-0.39, 0.29) is 57.0 Å². The van der Waals surface area contributed by atoms with E-state index in [1.165, 1.54) is 0 Å². The summed E-state index contributed by atoms with van der Waals surface area (Å²) in [5.74, 6) is 0. The first-order valence-corrected chi connectivity index (χ1v) is 2.35. The fraction of sp³-hybridized carbons (Fsp3) is 0. The second-order valence-electron chi connectivity index (χ2n) is 0.513. The van der Waals surface area contributed by atoms with E-state index in [1.54, 1.807) is 0 Å². The van der Waals surface area contributed by atoms with Crippen LogP contribution in [0.2, 0.25) is 0 Å². The van der Waals surface area contributed by atoms with E-state index < -0.39 is 7.82 Å². The summed E-state index contributed by atoms with van der Waals surface area (Å²) in [6, 6.07) is 0. The third-order valence-corrected chi connectivity index (χ3v) is 0. The van der Waals surface area contributed by atoms with Gasteiger partial charge in [-0.25, -0.2) is 4.57 Å². The molecule has 0 heterocycles. The SMILES string of the molecule is O=P(O)(O)O.[Fe].[LiH].[Mo]. The molecule has 3 N–H and O–H groups in total. The summed E-state index contributed by atoms with van der Waals surface area (Å²) < 4.78 is 8.88. The van der Waals surface area contributed by atoms with Crippen LogP contribution in [0.4, 0.5) is 0 Å². The summed E-state index contributed by atoms with van der Waals surface area (Å²) in [5.41, 5.74) is 0. The van der Waals surface area contributed by atoms with Gasteiger partial charge in [0.05, 0.1) is 0 Å². The molecule has 0 bridgehead atoms. The van der Waals surface area contributed by atoms with Crippen molar-refractivity contribution in [2.24, 2.45) is 0 Å². The Hall–Kier alpha value is 1.92. The monoisotopic (exact) mass is 260 g/mol. The predicted octanol–water partition coefficient (Wildman–Crippen LogP) is -1.58. The molecular weight excluding hydrogens is 254 g/mol. The zero-order chi connectivity index (χ0) is 4.50. The summed E-state index contributed by atoms with van der Waals surface area (Å²) >= 11 is 0. The van der Waals surface area contributed by atoms with Crippen LogP contribution in [0.25, 0.3) is 0 Å². The molecule has 0 aliphatic carbocycles. The fourth-order valence-corrected chi connectivity index (χ4v) is 0. The second kappa shape index (κ2) is 8.92. The molecule has 0 saturated carbocycles. The van der Waals surface area contributed by atoms with Crippen molar-refractivity contribution in [1.82, 2.24) is 0 Å². The molecule has 0 spiro atoms.